The van der Waals surface area contributed by atoms with Crippen molar-refractivity contribution < 1.29 is 37.1 Å². The SMILES string of the molecule is CCCC(NC(=O)[C@@H]1[C@@H]2[C@H](CN1C(=O)[C@@H](NC(=O)OC(C)(C)C)C1CCCCC1)C2(C)C)C(=O)C(=O)NCCS(=O)(=O)C(C)(C)C. The van der Waals surface area contributed by atoms with E-state index in [1.54, 1.807) is 46.4 Å². The average Bonchev–Trinajstić information content (AvgIpc) is 3.26. The van der Waals surface area contributed by atoms with Gasteiger partial charge in [-0.2, -0.15) is 0 Å². The highest BCUT2D eigenvalue weighted by Gasteiger charge is 2.69. The molecule has 1 aliphatic heterocycles. The number of rotatable bonds is 12. The van der Waals surface area contributed by atoms with Crippen LogP contribution in [0.5, 0.6) is 0 Å². The Morgan fingerprint density at radius 3 is 2.11 bits per heavy atom. The van der Waals surface area contributed by atoms with Crippen molar-refractivity contribution in [3.05, 3.63) is 0 Å². The second kappa shape index (κ2) is 14.2. The summed E-state index contributed by atoms with van der Waals surface area (Å²) in [6.07, 6.45) is 4.50. The van der Waals surface area contributed by atoms with E-state index in [1.807, 2.05) is 6.92 Å². The summed E-state index contributed by atoms with van der Waals surface area (Å²) in [6.45, 7) is 16.0. The maximum atomic E-state index is 14.3. The number of carbonyl (C=O) groups excluding carboxylic acids is 5. The summed E-state index contributed by atoms with van der Waals surface area (Å²) in [5.74, 6) is -3.16. The van der Waals surface area contributed by atoms with Crippen molar-refractivity contribution in [1.29, 1.82) is 0 Å². The summed E-state index contributed by atoms with van der Waals surface area (Å²) < 4.78 is 29.3. The van der Waals surface area contributed by atoms with Gasteiger partial charge in [-0.25, -0.2) is 13.2 Å². The van der Waals surface area contributed by atoms with Crippen LogP contribution >= 0.6 is 0 Å². The van der Waals surface area contributed by atoms with Gasteiger partial charge in [-0.1, -0.05) is 46.5 Å². The summed E-state index contributed by atoms with van der Waals surface area (Å²) in [6, 6.07) is -2.86. The molecule has 1 saturated heterocycles. The fourth-order valence-electron chi connectivity index (χ4n) is 6.94. The van der Waals surface area contributed by atoms with Crippen LogP contribution in [-0.2, 0) is 33.8 Å². The summed E-state index contributed by atoms with van der Waals surface area (Å²) in [4.78, 5) is 68.6. The number of ketones is 1. The number of piperidine rings is 1. The molecular weight excluding hydrogens is 612 g/mol. The molecule has 4 amide bonds. The number of hydrogen-bond donors (Lipinski definition) is 3. The van der Waals surface area contributed by atoms with Gasteiger partial charge in [0.2, 0.25) is 17.6 Å². The van der Waals surface area contributed by atoms with Crippen LogP contribution in [0.15, 0.2) is 0 Å². The zero-order chi connectivity index (χ0) is 34.8. The van der Waals surface area contributed by atoms with Crippen LogP contribution in [0.4, 0.5) is 4.79 Å². The van der Waals surface area contributed by atoms with Crippen molar-refractivity contribution in [2.45, 2.75) is 136 Å². The molecule has 5 atom stereocenters. The van der Waals surface area contributed by atoms with Crippen molar-refractivity contribution in [3.8, 4) is 0 Å². The van der Waals surface area contributed by atoms with E-state index < -0.39 is 62.0 Å². The maximum absolute atomic E-state index is 14.3. The Balaban J connectivity index is 1.78. The number of Topliss-reactive ketones (excluding diaryl/α,β-unsaturated/α-hetero) is 1. The smallest absolute Gasteiger partial charge is 0.408 e. The molecule has 0 aromatic heterocycles. The minimum atomic E-state index is -3.51. The van der Waals surface area contributed by atoms with Gasteiger partial charge in [-0.3, -0.25) is 19.2 Å². The Bertz CT molecular complexity index is 1280. The Kier molecular flexibility index (Phi) is 11.6. The molecule has 0 radical (unpaired) electrons. The first-order valence-electron chi connectivity index (χ1n) is 16.8. The van der Waals surface area contributed by atoms with E-state index in [-0.39, 0.29) is 47.8 Å². The van der Waals surface area contributed by atoms with E-state index in [1.165, 1.54) is 0 Å². The average molecular weight is 669 g/mol. The third-order valence-corrected chi connectivity index (χ3v) is 12.5. The van der Waals surface area contributed by atoms with Crippen molar-refractivity contribution in [3.63, 3.8) is 0 Å². The molecule has 3 rings (SSSR count). The lowest BCUT2D eigenvalue weighted by Gasteiger charge is -2.37. The van der Waals surface area contributed by atoms with Crippen LogP contribution in [0.2, 0.25) is 0 Å². The molecule has 12 nitrogen and oxygen atoms in total. The minimum Gasteiger partial charge on any atom is -0.444 e. The molecular formula is C33H56N4O8S. The first-order valence-corrected chi connectivity index (χ1v) is 18.4. The fraction of sp³-hybridized carbons (Fsp3) is 0.848. The Morgan fingerprint density at radius 2 is 1.57 bits per heavy atom. The first-order chi connectivity index (χ1) is 21.1. The van der Waals surface area contributed by atoms with Gasteiger partial charge >= 0.3 is 6.09 Å². The number of likely N-dealkylation sites (tertiary alicyclic amines) is 1. The number of amides is 4. The molecule has 3 N–H and O–H groups in total. The number of fused-ring (bicyclic) bond motifs is 1. The normalized spacial score (nSPS) is 24.3. The van der Waals surface area contributed by atoms with Gasteiger partial charge < -0.3 is 25.6 Å². The lowest BCUT2D eigenvalue weighted by Crippen LogP contribution is -2.60. The topological polar surface area (TPSA) is 168 Å². The summed E-state index contributed by atoms with van der Waals surface area (Å²) in [5.41, 5.74) is -0.947. The number of hydrogen-bond acceptors (Lipinski definition) is 8. The Labute approximate surface area is 274 Å². The van der Waals surface area contributed by atoms with Crippen LogP contribution in [0, 0.1) is 23.2 Å². The van der Waals surface area contributed by atoms with Gasteiger partial charge in [-0.05, 0) is 84.0 Å². The summed E-state index contributed by atoms with van der Waals surface area (Å²) in [5, 5.41) is 8.00. The number of nitrogens with one attached hydrogen (secondary N) is 3. The third-order valence-electron chi connectivity index (χ3n) is 9.84. The lowest BCUT2D eigenvalue weighted by molar-refractivity contribution is -0.145. The van der Waals surface area contributed by atoms with E-state index in [2.05, 4.69) is 29.8 Å². The van der Waals surface area contributed by atoms with Crippen LogP contribution < -0.4 is 16.0 Å². The Hall–Kier alpha value is -2.70. The van der Waals surface area contributed by atoms with E-state index in [0.717, 1.165) is 32.1 Å². The number of carbonyl (C=O) groups is 5. The van der Waals surface area contributed by atoms with Crippen molar-refractivity contribution in [1.82, 2.24) is 20.9 Å². The molecule has 46 heavy (non-hydrogen) atoms. The zero-order valence-electron chi connectivity index (χ0n) is 29.2. The molecule has 0 spiro atoms. The van der Waals surface area contributed by atoms with Crippen LogP contribution in [0.3, 0.4) is 0 Å². The molecule has 3 fully saturated rings. The van der Waals surface area contributed by atoms with Gasteiger partial charge in [-0.15, -0.1) is 0 Å². The highest BCUT2D eigenvalue weighted by atomic mass is 32.2. The van der Waals surface area contributed by atoms with Gasteiger partial charge in [0.15, 0.2) is 9.84 Å². The van der Waals surface area contributed by atoms with Crippen molar-refractivity contribution in [2.75, 3.05) is 18.8 Å². The van der Waals surface area contributed by atoms with E-state index in [4.69, 9.17) is 4.74 Å². The largest absolute Gasteiger partial charge is 0.444 e. The molecule has 3 aliphatic rings. The second-order valence-corrected chi connectivity index (χ2v) is 18.7. The fourth-order valence-corrected chi connectivity index (χ4v) is 7.92. The van der Waals surface area contributed by atoms with Gasteiger partial charge in [0.05, 0.1) is 16.5 Å². The molecule has 0 aromatic rings. The minimum absolute atomic E-state index is 0.0779. The highest BCUT2D eigenvalue weighted by Crippen LogP contribution is 2.65. The van der Waals surface area contributed by atoms with Crippen LogP contribution in [-0.4, -0.2) is 90.2 Å². The predicted octanol–water partition coefficient (Wildman–Crippen LogP) is 3.13. The number of alkyl carbamates (subject to hydrolysis) is 1. The first kappa shape index (κ1) is 37.8. The third kappa shape index (κ3) is 8.80. The van der Waals surface area contributed by atoms with Crippen LogP contribution in [0.25, 0.3) is 0 Å². The Morgan fingerprint density at radius 1 is 0.957 bits per heavy atom. The molecule has 1 unspecified atom stereocenters. The highest BCUT2D eigenvalue weighted by molar-refractivity contribution is 7.92. The molecule has 262 valence electrons. The molecule has 2 saturated carbocycles. The molecule has 2 aliphatic carbocycles. The quantitative estimate of drug-likeness (QED) is 0.267. The van der Waals surface area contributed by atoms with E-state index in [0.29, 0.717) is 13.0 Å². The van der Waals surface area contributed by atoms with Crippen molar-refractivity contribution in [2.24, 2.45) is 23.2 Å². The van der Waals surface area contributed by atoms with Crippen LogP contribution in [0.1, 0.15) is 107 Å². The number of nitrogens with zero attached hydrogens (tertiary/aromatic N) is 1. The monoisotopic (exact) mass is 668 g/mol. The van der Waals surface area contributed by atoms with E-state index >= 15 is 0 Å². The van der Waals surface area contributed by atoms with Gasteiger partial charge in [0.1, 0.15) is 17.7 Å². The second-order valence-electron chi connectivity index (χ2n) is 15.8. The predicted molar refractivity (Wildman–Crippen MR) is 174 cm³/mol. The molecule has 0 bridgehead atoms. The zero-order valence-corrected chi connectivity index (χ0v) is 30.0. The number of sulfone groups is 1. The summed E-state index contributed by atoms with van der Waals surface area (Å²) >= 11 is 0. The molecule has 1 heterocycles. The summed E-state index contributed by atoms with van der Waals surface area (Å²) in [7, 11) is -3.51. The maximum Gasteiger partial charge on any atom is 0.408 e. The number of ether oxygens (including phenoxy) is 1. The van der Waals surface area contributed by atoms with Gasteiger partial charge in [0, 0.05) is 13.1 Å². The molecule has 13 heteroatoms. The standard InChI is InChI=1S/C33H56N4O8S/c1-10-14-22(26(38)28(40)34-17-18-46(43,44)32(5,6)7)35-27(39)25-23-21(33(23,8)9)19-37(25)29(41)24(20-15-12-11-13-16-20)36-30(42)45-31(2,3)4/h20-25H,10-19H2,1-9H3,(H,34,40)(H,35,39)(H,36,42)/t21-,22?,23-,24-,25-/m0/s1. The molecule has 0 aromatic carbocycles. The van der Waals surface area contributed by atoms with Crippen molar-refractivity contribution >= 4 is 39.4 Å². The lowest BCUT2D eigenvalue weighted by atomic mass is 9.83. The van der Waals surface area contributed by atoms with Gasteiger partial charge in [0.25, 0.3) is 5.91 Å². The van der Waals surface area contributed by atoms with E-state index in [9.17, 15) is 32.4 Å².